The van der Waals surface area contributed by atoms with Crippen LogP contribution in [0.2, 0.25) is 0 Å². The summed E-state index contributed by atoms with van der Waals surface area (Å²) in [7, 11) is 0. The lowest BCUT2D eigenvalue weighted by Gasteiger charge is -2.33. The topological polar surface area (TPSA) is 17.1 Å². The van der Waals surface area contributed by atoms with Crippen LogP contribution in [0.5, 0.6) is 0 Å². The van der Waals surface area contributed by atoms with Gasteiger partial charge in [0.05, 0.1) is 0 Å². The number of carbonyl (C=O) groups is 1. The van der Waals surface area contributed by atoms with Gasteiger partial charge in [-0.3, -0.25) is 4.79 Å². The maximum atomic E-state index is 11.9. The molecule has 0 N–H and O–H groups in total. The van der Waals surface area contributed by atoms with E-state index < -0.39 is 0 Å². The van der Waals surface area contributed by atoms with Crippen molar-refractivity contribution in [1.29, 1.82) is 0 Å². The van der Waals surface area contributed by atoms with E-state index in [4.69, 9.17) is 0 Å². The van der Waals surface area contributed by atoms with Gasteiger partial charge in [0.25, 0.3) is 0 Å². The first-order chi connectivity index (χ1) is 7.41. The second-order valence-corrected chi connectivity index (χ2v) is 5.49. The largest absolute Gasteiger partial charge is 0.299 e. The van der Waals surface area contributed by atoms with Gasteiger partial charge in [0, 0.05) is 12.3 Å². The summed E-state index contributed by atoms with van der Waals surface area (Å²) < 4.78 is 0. The minimum Gasteiger partial charge on any atom is -0.299 e. The van der Waals surface area contributed by atoms with Gasteiger partial charge in [0.2, 0.25) is 0 Å². The molecule has 3 atom stereocenters. The number of hydrogen-bond acceptors (Lipinski definition) is 1. The van der Waals surface area contributed by atoms with Crippen molar-refractivity contribution in [3.8, 4) is 0 Å². The molecule has 0 saturated heterocycles. The highest BCUT2D eigenvalue weighted by Crippen LogP contribution is 2.37. The van der Waals surface area contributed by atoms with E-state index >= 15 is 0 Å². The van der Waals surface area contributed by atoms with Gasteiger partial charge in [0.15, 0.2) is 0 Å². The lowest BCUT2D eigenvalue weighted by Crippen LogP contribution is -2.31. The fourth-order valence-corrected chi connectivity index (χ4v) is 2.52. The summed E-state index contributed by atoms with van der Waals surface area (Å²) >= 11 is 0. The average molecular weight is 220 g/mol. The molecule has 1 rings (SSSR count). The Bertz CT molecular complexity index is 301. The van der Waals surface area contributed by atoms with Crippen molar-refractivity contribution in [2.45, 2.75) is 46.5 Å². The van der Waals surface area contributed by atoms with Crippen LogP contribution in [0.3, 0.4) is 0 Å². The molecule has 1 fully saturated rings. The lowest BCUT2D eigenvalue weighted by atomic mass is 9.70. The molecule has 1 saturated carbocycles. The first kappa shape index (κ1) is 13.2. The molecule has 0 aliphatic heterocycles. The molecule has 1 heteroatoms. The monoisotopic (exact) mass is 220 g/mol. The summed E-state index contributed by atoms with van der Waals surface area (Å²) in [6, 6.07) is 0. The van der Waals surface area contributed by atoms with Gasteiger partial charge in [-0.2, -0.15) is 0 Å². The molecule has 0 aromatic carbocycles. The molecule has 0 aromatic heterocycles. The first-order valence-corrected chi connectivity index (χ1v) is 6.24. The molecule has 0 spiro atoms. The van der Waals surface area contributed by atoms with Crippen LogP contribution in [-0.2, 0) is 4.79 Å². The number of allylic oxidation sites excluding steroid dienone is 2. The van der Waals surface area contributed by atoms with Crippen LogP contribution >= 0.6 is 0 Å². The van der Waals surface area contributed by atoms with Crippen LogP contribution in [0.1, 0.15) is 46.5 Å². The third kappa shape index (κ3) is 3.33. The van der Waals surface area contributed by atoms with Gasteiger partial charge in [0.1, 0.15) is 5.78 Å². The summed E-state index contributed by atoms with van der Waals surface area (Å²) in [4.78, 5) is 11.9. The van der Waals surface area contributed by atoms with Crippen LogP contribution in [0.25, 0.3) is 0 Å². The molecule has 0 radical (unpaired) electrons. The van der Waals surface area contributed by atoms with Gasteiger partial charge in [-0.15, -0.1) is 6.58 Å². The quantitative estimate of drug-likeness (QED) is 0.650. The SMILES string of the molecule is C=C(C)CC[C@@H]1C[C@@H](C(=C)C)CC(=O)C1C. The fraction of sp³-hybridized carbons (Fsp3) is 0.667. The molecule has 0 amide bonds. The van der Waals surface area contributed by atoms with E-state index in [0.717, 1.165) is 19.3 Å². The van der Waals surface area contributed by atoms with Gasteiger partial charge in [-0.25, -0.2) is 0 Å². The molecule has 1 aliphatic carbocycles. The van der Waals surface area contributed by atoms with E-state index in [0.29, 0.717) is 24.0 Å². The Morgan fingerprint density at radius 2 is 2.00 bits per heavy atom. The van der Waals surface area contributed by atoms with Gasteiger partial charge in [-0.1, -0.05) is 24.6 Å². The molecular formula is C15H24O. The standard InChI is InChI=1S/C15H24O/c1-10(2)6-7-13-8-14(11(3)4)9-15(16)12(13)5/h12-14H,1,3,6-9H2,2,4-5H3/t12?,13-,14-/m1/s1. The van der Waals surface area contributed by atoms with Crippen molar-refractivity contribution < 1.29 is 4.79 Å². The molecule has 1 aliphatic rings. The zero-order valence-corrected chi connectivity index (χ0v) is 10.9. The van der Waals surface area contributed by atoms with Crippen molar-refractivity contribution >= 4 is 5.78 Å². The summed E-state index contributed by atoms with van der Waals surface area (Å²) in [5, 5.41) is 0. The number of hydrogen-bond donors (Lipinski definition) is 0. The Labute approximate surface area is 99.6 Å². The molecule has 1 unspecified atom stereocenters. The zero-order chi connectivity index (χ0) is 12.3. The van der Waals surface area contributed by atoms with Crippen LogP contribution in [0, 0.1) is 17.8 Å². The van der Waals surface area contributed by atoms with E-state index in [1.54, 1.807) is 0 Å². The highest BCUT2D eigenvalue weighted by Gasteiger charge is 2.33. The maximum absolute atomic E-state index is 11.9. The van der Waals surface area contributed by atoms with Crippen molar-refractivity contribution in [3.05, 3.63) is 24.3 Å². The normalized spacial score (nSPS) is 30.2. The second kappa shape index (κ2) is 5.47. The molecule has 90 valence electrons. The van der Waals surface area contributed by atoms with Crippen LogP contribution < -0.4 is 0 Å². The molecule has 0 aromatic rings. The fourth-order valence-electron chi connectivity index (χ4n) is 2.52. The Hall–Kier alpha value is -0.850. The number of ketones is 1. The third-order valence-corrected chi connectivity index (χ3v) is 3.89. The van der Waals surface area contributed by atoms with Crippen molar-refractivity contribution in [3.63, 3.8) is 0 Å². The van der Waals surface area contributed by atoms with E-state index in [2.05, 4.69) is 27.0 Å². The molecule has 16 heavy (non-hydrogen) atoms. The predicted molar refractivity (Wildman–Crippen MR) is 69.2 cm³/mol. The Morgan fingerprint density at radius 3 is 2.50 bits per heavy atom. The van der Waals surface area contributed by atoms with E-state index in [-0.39, 0.29) is 5.92 Å². The lowest BCUT2D eigenvalue weighted by molar-refractivity contribution is -0.127. The van der Waals surface area contributed by atoms with E-state index in [9.17, 15) is 4.79 Å². The highest BCUT2D eigenvalue weighted by atomic mass is 16.1. The van der Waals surface area contributed by atoms with E-state index in [1.165, 1.54) is 11.1 Å². The van der Waals surface area contributed by atoms with Crippen molar-refractivity contribution in [2.75, 3.05) is 0 Å². The van der Waals surface area contributed by atoms with Gasteiger partial charge in [-0.05, 0) is 44.9 Å². The minimum atomic E-state index is 0.231. The number of rotatable bonds is 4. The zero-order valence-electron chi connectivity index (χ0n) is 10.9. The second-order valence-electron chi connectivity index (χ2n) is 5.49. The number of Topliss-reactive ketones (excluding diaryl/α,β-unsaturated/α-hetero) is 1. The van der Waals surface area contributed by atoms with E-state index in [1.807, 2.05) is 6.92 Å². The molecule has 0 bridgehead atoms. The predicted octanol–water partition coefficient (Wildman–Crippen LogP) is 4.15. The maximum Gasteiger partial charge on any atom is 0.136 e. The molecule has 1 nitrogen and oxygen atoms in total. The van der Waals surface area contributed by atoms with Gasteiger partial charge >= 0.3 is 0 Å². The minimum absolute atomic E-state index is 0.231. The molecular weight excluding hydrogens is 196 g/mol. The Morgan fingerprint density at radius 1 is 1.38 bits per heavy atom. The summed E-state index contributed by atoms with van der Waals surface area (Å²) in [5.74, 6) is 1.60. The summed E-state index contributed by atoms with van der Waals surface area (Å²) in [5.41, 5.74) is 2.39. The van der Waals surface area contributed by atoms with Gasteiger partial charge < -0.3 is 0 Å². The average Bonchev–Trinajstić information content (AvgIpc) is 2.19. The number of carbonyl (C=O) groups excluding carboxylic acids is 1. The first-order valence-electron chi connectivity index (χ1n) is 6.24. The summed E-state index contributed by atoms with van der Waals surface area (Å²) in [6.45, 7) is 14.1. The Kier molecular flexibility index (Phi) is 4.52. The molecule has 0 heterocycles. The summed E-state index contributed by atoms with van der Waals surface area (Å²) in [6.07, 6.45) is 3.99. The van der Waals surface area contributed by atoms with Crippen LogP contribution in [0.4, 0.5) is 0 Å². The Balaban J connectivity index is 2.62. The third-order valence-electron chi connectivity index (χ3n) is 3.89. The van der Waals surface area contributed by atoms with Crippen LogP contribution in [-0.4, -0.2) is 5.78 Å². The smallest absolute Gasteiger partial charge is 0.136 e. The highest BCUT2D eigenvalue weighted by molar-refractivity contribution is 5.82. The van der Waals surface area contributed by atoms with Crippen molar-refractivity contribution in [1.82, 2.24) is 0 Å². The van der Waals surface area contributed by atoms with Crippen LogP contribution in [0.15, 0.2) is 24.3 Å². The van der Waals surface area contributed by atoms with Crippen molar-refractivity contribution in [2.24, 2.45) is 17.8 Å².